The number of hydrogen-bond acceptors (Lipinski definition) is 7. The lowest BCUT2D eigenvalue weighted by molar-refractivity contribution is -0.137. The second-order valence-electron chi connectivity index (χ2n) is 12.2. The highest BCUT2D eigenvalue weighted by Crippen LogP contribution is 2.27. The molecule has 0 spiro atoms. The summed E-state index contributed by atoms with van der Waals surface area (Å²) < 4.78 is 38.1. The van der Waals surface area contributed by atoms with Crippen LogP contribution in [-0.2, 0) is 16.1 Å². The Morgan fingerprint density at radius 3 is 2.70 bits per heavy atom. The van der Waals surface area contributed by atoms with Crippen molar-refractivity contribution in [2.24, 2.45) is 5.41 Å². The molecule has 4 amide bonds. The van der Waals surface area contributed by atoms with Crippen molar-refractivity contribution >= 4 is 35.5 Å². The van der Waals surface area contributed by atoms with Gasteiger partial charge in [0.05, 0.1) is 11.1 Å². The normalized spacial score (nSPS) is 15.6. The molecule has 2 heterocycles. The Morgan fingerprint density at radius 2 is 1.96 bits per heavy atom. The summed E-state index contributed by atoms with van der Waals surface area (Å²) in [6, 6.07) is 10.2. The van der Waals surface area contributed by atoms with Crippen LogP contribution in [0.4, 0.5) is 24.3 Å². The Morgan fingerprint density at radius 1 is 1.20 bits per heavy atom. The van der Waals surface area contributed by atoms with Gasteiger partial charge < -0.3 is 29.7 Å². The molecule has 2 aromatic carbocycles. The van der Waals surface area contributed by atoms with Gasteiger partial charge in [0, 0.05) is 57.3 Å². The smallest absolute Gasteiger partial charge is 0.414 e. The maximum atomic E-state index is 13.9. The molecule has 1 aromatic heterocycles. The van der Waals surface area contributed by atoms with Gasteiger partial charge in [-0.05, 0) is 35.6 Å². The number of halogens is 3. The van der Waals surface area contributed by atoms with E-state index in [1.165, 1.54) is 48.3 Å². The molecule has 14 heteroatoms. The van der Waals surface area contributed by atoms with Crippen molar-refractivity contribution in [1.82, 2.24) is 25.6 Å². The molecule has 1 aliphatic rings. The van der Waals surface area contributed by atoms with E-state index < -0.39 is 29.8 Å². The summed E-state index contributed by atoms with van der Waals surface area (Å²) >= 11 is 6.04. The maximum absolute atomic E-state index is 13.9. The molecular formula is C32H39ClF2N6O5. The molecule has 0 aliphatic carbocycles. The quantitative estimate of drug-likeness (QED) is 0.256. The minimum atomic E-state index is -0.881. The topological polar surface area (TPSA) is 129 Å². The van der Waals surface area contributed by atoms with E-state index in [4.69, 9.17) is 20.9 Å². The number of urea groups is 1. The van der Waals surface area contributed by atoms with Crippen LogP contribution in [-0.4, -0.2) is 78.4 Å². The average molecular weight is 661 g/mol. The highest BCUT2D eigenvalue weighted by molar-refractivity contribution is 6.31. The number of piperazine rings is 1. The minimum Gasteiger partial charge on any atom is -0.447 e. The lowest BCUT2D eigenvalue weighted by atomic mass is 9.84. The number of aromatic nitrogens is 1. The summed E-state index contributed by atoms with van der Waals surface area (Å²) in [6.07, 6.45) is -0.577. The lowest BCUT2D eigenvalue weighted by Crippen LogP contribution is -2.58. The fraction of sp³-hybridized carbons (Fsp3) is 0.438. The Labute approximate surface area is 271 Å². The van der Waals surface area contributed by atoms with Crippen molar-refractivity contribution in [3.63, 3.8) is 0 Å². The third-order valence-corrected chi connectivity index (χ3v) is 8.27. The van der Waals surface area contributed by atoms with Crippen molar-refractivity contribution in [1.29, 1.82) is 0 Å². The maximum Gasteiger partial charge on any atom is 0.414 e. The Balaban J connectivity index is 1.41. The average Bonchev–Trinajstić information content (AvgIpc) is 3.49. The molecule has 248 valence electrons. The summed E-state index contributed by atoms with van der Waals surface area (Å²) in [5.41, 5.74) is 1.01. The van der Waals surface area contributed by atoms with Crippen LogP contribution in [0.3, 0.4) is 0 Å². The number of likely N-dealkylation sites (N-methyl/N-ethyl adjacent to an activating group) is 1. The van der Waals surface area contributed by atoms with Crippen LogP contribution in [0.5, 0.6) is 0 Å². The molecule has 46 heavy (non-hydrogen) atoms. The van der Waals surface area contributed by atoms with Gasteiger partial charge in [0.25, 0.3) is 0 Å². The third-order valence-electron chi connectivity index (χ3n) is 7.85. The van der Waals surface area contributed by atoms with Crippen molar-refractivity contribution in [3.05, 3.63) is 70.8 Å². The lowest BCUT2D eigenvalue weighted by Gasteiger charge is -2.44. The molecule has 2 unspecified atom stereocenters. The third kappa shape index (κ3) is 9.16. The standard InChI is InChI=1S/C32H39ClF2N6O5/c1-32(2,3)26-18-36-13-14-41(26)28(42)12-11-23(40(4)30(43)37-17-21-8-6-10-24(35)29(21)33)19-45-31(44)38-27-16-25(39-46-27)20-7-5-9-22(34)15-20/h5-10,15-16,23,26,36H,11-14,17-19H2,1-4H3,(H,37,43)(H,38,44). The number of nitrogens with zero attached hydrogens (tertiary/aromatic N) is 3. The van der Waals surface area contributed by atoms with Crippen molar-refractivity contribution < 1.29 is 32.4 Å². The monoisotopic (exact) mass is 660 g/mol. The van der Waals surface area contributed by atoms with Gasteiger partial charge >= 0.3 is 12.1 Å². The molecule has 3 N–H and O–H groups in total. The van der Waals surface area contributed by atoms with E-state index >= 15 is 0 Å². The van der Waals surface area contributed by atoms with Gasteiger partial charge in [-0.1, -0.05) is 61.8 Å². The molecule has 0 radical (unpaired) electrons. The molecule has 2 atom stereocenters. The van der Waals surface area contributed by atoms with Gasteiger partial charge in [-0.2, -0.15) is 0 Å². The number of amides is 4. The molecule has 11 nitrogen and oxygen atoms in total. The number of ether oxygens (including phenoxy) is 1. The molecule has 3 aromatic rings. The summed E-state index contributed by atoms with van der Waals surface area (Å²) in [6.45, 7) is 7.87. The fourth-order valence-electron chi connectivity index (χ4n) is 5.17. The number of hydrogen-bond donors (Lipinski definition) is 3. The molecule has 1 saturated heterocycles. The van der Waals surface area contributed by atoms with E-state index in [0.717, 1.165) is 0 Å². The van der Waals surface area contributed by atoms with Crippen LogP contribution in [0.15, 0.2) is 53.1 Å². The molecule has 4 rings (SSSR count). The zero-order chi connectivity index (χ0) is 33.4. The summed E-state index contributed by atoms with van der Waals surface area (Å²) in [7, 11) is 1.52. The predicted molar refractivity (Wildman–Crippen MR) is 169 cm³/mol. The van der Waals surface area contributed by atoms with Gasteiger partial charge in [-0.15, -0.1) is 0 Å². The van der Waals surface area contributed by atoms with E-state index in [1.807, 2.05) is 4.90 Å². The van der Waals surface area contributed by atoms with E-state index in [0.29, 0.717) is 36.5 Å². The Bertz CT molecular complexity index is 1530. The Hall–Kier alpha value is -4.23. The first-order valence-corrected chi connectivity index (χ1v) is 15.3. The van der Waals surface area contributed by atoms with Crippen LogP contribution in [0.25, 0.3) is 11.3 Å². The van der Waals surface area contributed by atoms with Crippen molar-refractivity contribution in [2.45, 2.75) is 52.2 Å². The molecule has 1 fully saturated rings. The van der Waals surface area contributed by atoms with Gasteiger partial charge in [-0.25, -0.2) is 18.4 Å². The van der Waals surface area contributed by atoms with Gasteiger partial charge in [-0.3, -0.25) is 10.1 Å². The molecule has 0 bridgehead atoms. The van der Waals surface area contributed by atoms with E-state index in [9.17, 15) is 23.2 Å². The summed E-state index contributed by atoms with van der Waals surface area (Å²) in [5.74, 6) is -1.14. The fourth-order valence-corrected chi connectivity index (χ4v) is 5.36. The van der Waals surface area contributed by atoms with Gasteiger partial charge in [0.2, 0.25) is 11.8 Å². The number of anilines is 1. The second-order valence-corrected chi connectivity index (χ2v) is 12.5. The molecular weight excluding hydrogens is 622 g/mol. The number of rotatable bonds is 10. The minimum absolute atomic E-state index is 0.00884. The Kier molecular flexibility index (Phi) is 11.6. The first-order chi connectivity index (χ1) is 21.8. The van der Waals surface area contributed by atoms with Gasteiger partial charge in [0.1, 0.15) is 23.9 Å². The summed E-state index contributed by atoms with van der Waals surface area (Å²) in [4.78, 5) is 42.5. The highest BCUT2D eigenvalue weighted by atomic mass is 35.5. The van der Waals surface area contributed by atoms with Crippen LogP contribution in [0, 0.1) is 17.0 Å². The second kappa shape index (κ2) is 15.4. The van der Waals surface area contributed by atoms with Crippen LogP contribution in [0.2, 0.25) is 5.02 Å². The number of carbonyl (C=O) groups is 3. The first kappa shape index (κ1) is 34.6. The van der Waals surface area contributed by atoms with Gasteiger partial charge in [0.15, 0.2) is 0 Å². The number of carbonyl (C=O) groups excluding carboxylic acids is 3. The van der Waals surface area contributed by atoms with E-state index in [-0.39, 0.29) is 54.3 Å². The van der Waals surface area contributed by atoms with Crippen molar-refractivity contribution in [2.75, 3.05) is 38.6 Å². The zero-order valence-electron chi connectivity index (χ0n) is 26.2. The predicted octanol–water partition coefficient (Wildman–Crippen LogP) is 5.66. The van der Waals surface area contributed by atoms with Crippen molar-refractivity contribution in [3.8, 4) is 11.3 Å². The van der Waals surface area contributed by atoms with E-state index in [2.05, 4.69) is 41.9 Å². The highest BCUT2D eigenvalue weighted by Gasteiger charge is 2.35. The molecule has 1 aliphatic heterocycles. The van der Waals surface area contributed by atoms with Crippen LogP contribution >= 0.6 is 11.6 Å². The molecule has 0 saturated carbocycles. The SMILES string of the molecule is CN(C(=O)NCc1cccc(F)c1Cl)C(CCC(=O)N1CCNCC1C(C)(C)C)COC(=O)Nc1cc(-c2cccc(F)c2)no1. The summed E-state index contributed by atoms with van der Waals surface area (Å²) in [5, 5.41) is 12.2. The number of nitrogens with one attached hydrogen (secondary N) is 3. The van der Waals surface area contributed by atoms with Crippen LogP contribution in [0.1, 0.15) is 39.2 Å². The van der Waals surface area contributed by atoms with Crippen LogP contribution < -0.4 is 16.0 Å². The first-order valence-electron chi connectivity index (χ1n) is 14.9. The zero-order valence-corrected chi connectivity index (χ0v) is 27.0. The van der Waals surface area contributed by atoms with E-state index in [1.54, 1.807) is 12.1 Å². The largest absolute Gasteiger partial charge is 0.447 e. The number of benzene rings is 2.